The number of hydrogen-bond donors (Lipinski definition) is 1. The Morgan fingerprint density at radius 3 is 2.68 bits per heavy atom. The van der Waals surface area contributed by atoms with E-state index in [0.717, 1.165) is 30.2 Å². The van der Waals surface area contributed by atoms with Gasteiger partial charge in [0.15, 0.2) is 0 Å². The highest BCUT2D eigenvalue weighted by Gasteiger charge is 2.07. The summed E-state index contributed by atoms with van der Waals surface area (Å²) in [7, 11) is 0. The van der Waals surface area contributed by atoms with E-state index in [1.54, 1.807) is 0 Å². The zero-order valence-electron chi connectivity index (χ0n) is 11.7. The van der Waals surface area contributed by atoms with Crippen LogP contribution in [0.25, 0.3) is 0 Å². The summed E-state index contributed by atoms with van der Waals surface area (Å²) in [5, 5.41) is 4.39. The number of benzene rings is 1. The van der Waals surface area contributed by atoms with Crippen LogP contribution in [0.3, 0.4) is 0 Å². The van der Waals surface area contributed by atoms with E-state index >= 15 is 0 Å². The molecule has 0 spiro atoms. The molecule has 1 unspecified atom stereocenters. The first kappa shape index (κ1) is 16.4. The third-order valence-corrected chi connectivity index (χ3v) is 4.17. The van der Waals surface area contributed by atoms with Crippen LogP contribution in [0, 0.1) is 11.8 Å². The standard InChI is InChI=1S/C16H22ClNS/c1-3-5-6-7-15(18-12-4-2)13-19-16-10-8-14(17)9-11-16/h8-11,15,18H,4,6-7,12-13H2,1-2H3. The minimum Gasteiger partial charge on any atom is -0.313 e. The lowest BCUT2D eigenvalue weighted by Gasteiger charge is -2.17. The van der Waals surface area contributed by atoms with Crippen LogP contribution >= 0.6 is 23.4 Å². The van der Waals surface area contributed by atoms with Gasteiger partial charge in [-0.15, -0.1) is 23.6 Å². The Morgan fingerprint density at radius 2 is 2.05 bits per heavy atom. The molecule has 104 valence electrons. The maximum absolute atomic E-state index is 5.89. The molecular formula is C16H22ClNS. The lowest BCUT2D eigenvalue weighted by Crippen LogP contribution is -2.31. The molecule has 1 aromatic carbocycles. The molecule has 0 saturated heterocycles. The van der Waals surface area contributed by atoms with Gasteiger partial charge in [-0.1, -0.05) is 18.5 Å². The summed E-state index contributed by atoms with van der Waals surface area (Å²) in [6, 6.07) is 8.58. The van der Waals surface area contributed by atoms with E-state index in [4.69, 9.17) is 11.6 Å². The van der Waals surface area contributed by atoms with Crippen LogP contribution in [0.5, 0.6) is 0 Å². The fourth-order valence-corrected chi connectivity index (χ4v) is 2.82. The predicted octanol–water partition coefficient (Wildman–Crippen LogP) is 4.60. The molecule has 0 aliphatic carbocycles. The third-order valence-electron chi connectivity index (χ3n) is 2.74. The molecule has 0 aliphatic rings. The molecule has 1 aromatic rings. The maximum atomic E-state index is 5.89. The van der Waals surface area contributed by atoms with E-state index in [2.05, 4.69) is 36.2 Å². The molecule has 19 heavy (non-hydrogen) atoms. The first-order chi connectivity index (χ1) is 9.26. The van der Waals surface area contributed by atoms with Gasteiger partial charge in [0, 0.05) is 28.1 Å². The smallest absolute Gasteiger partial charge is 0.0406 e. The number of hydrogen-bond acceptors (Lipinski definition) is 2. The zero-order valence-corrected chi connectivity index (χ0v) is 13.3. The van der Waals surface area contributed by atoms with E-state index in [1.165, 1.54) is 11.3 Å². The quantitative estimate of drug-likeness (QED) is 0.555. The fraction of sp³-hybridized carbons (Fsp3) is 0.500. The van der Waals surface area contributed by atoms with Crippen LogP contribution in [-0.4, -0.2) is 18.3 Å². The van der Waals surface area contributed by atoms with Crippen molar-refractivity contribution in [3.05, 3.63) is 29.3 Å². The van der Waals surface area contributed by atoms with Crippen molar-refractivity contribution in [2.24, 2.45) is 0 Å². The van der Waals surface area contributed by atoms with Crippen molar-refractivity contribution in [3.63, 3.8) is 0 Å². The number of thioether (sulfide) groups is 1. The number of rotatable bonds is 8. The minimum atomic E-state index is 0.529. The Morgan fingerprint density at radius 1 is 1.32 bits per heavy atom. The summed E-state index contributed by atoms with van der Waals surface area (Å²) in [6.45, 7) is 5.17. The first-order valence-electron chi connectivity index (χ1n) is 6.77. The first-order valence-corrected chi connectivity index (χ1v) is 8.14. The summed E-state index contributed by atoms with van der Waals surface area (Å²) >= 11 is 7.77. The Labute approximate surface area is 126 Å². The van der Waals surface area contributed by atoms with Crippen LogP contribution in [0.4, 0.5) is 0 Å². The van der Waals surface area contributed by atoms with Crippen LogP contribution in [0.1, 0.15) is 33.1 Å². The van der Waals surface area contributed by atoms with Gasteiger partial charge < -0.3 is 5.32 Å². The molecule has 0 aliphatic heterocycles. The molecule has 0 fully saturated rings. The molecule has 0 aromatic heterocycles. The van der Waals surface area contributed by atoms with Gasteiger partial charge >= 0.3 is 0 Å². The molecule has 0 heterocycles. The Bertz CT molecular complexity index is 405. The monoisotopic (exact) mass is 295 g/mol. The summed E-state index contributed by atoms with van der Waals surface area (Å²) in [5.41, 5.74) is 0. The van der Waals surface area contributed by atoms with E-state index in [1.807, 2.05) is 30.8 Å². The van der Waals surface area contributed by atoms with Crippen LogP contribution in [-0.2, 0) is 0 Å². The summed E-state index contributed by atoms with van der Waals surface area (Å²) in [5.74, 6) is 7.18. The van der Waals surface area contributed by atoms with E-state index < -0.39 is 0 Å². The highest BCUT2D eigenvalue weighted by molar-refractivity contribution is 7.99. The van der Waals surface area contributed by atoms with Gasteiger partial charge in [0.25, 0.3) is 0 Å². The second-order valence-corrected chi connectivity index (χ2v) is 5.91. The third kappa shape index (κ3) is 7.52. The largest absolute Gasteiger partial charge is 0.313 e. The summed E-state index contributed by atoms with van der Waals surface area (Å²) in [4.78, 5) is 1.27. The molecule has 1 nitrogen and oxygen atoms in total. The maximum Gasteiger partial charge on any atom is 0.0406 e. The van der Waals surface area contributed by atoms with Crippen molar-refractivity contribution in [1.82, 2.24) is 5.32 Å². The molecule has 1 rings (SSSR count). The number of nitrogens with one attached hydrogen (secondary N) is 1. The number of halogens is 1. The average Bonchev–Trinajstić information content (AvgIpc) is 2.43. The lowest BCUT2D eigenvalue weighted by atomic mass is 10.2. The molecule has 0 amide bonds. The van der Waals surface area contributed by atoms with Crippen LogP contribution in [0.15, 0.2) is 29.2 Å². The van der Waals surface area contributed by atoms with E-state index in [0.29, 0.717) is 6.04 Å². The molecular weight excluding hydrogens is 274 g/mol. The van der Waals surface area contributed by atoms with Gasteiger partial charge in [-0.2, -0.15) is 0 Å². The zero-order chi connectivity index (χ0) is 13.9. The second-order valence-electron chi connectivity index (χ2n) is 4.38. The van der Waals surface area contributed by atoms with Gasteiger partial charge in [0.2, 0.25) is 0 Å². The van der Waals surface area contributed by atoms with Crippen molar-refractivity contribution >= 4 is 23.4 Å². The van der Waals surface area contributed by atoms with Crippen molar-refractivity contribution in [1.29, 1.82) is 0 Å². The SMILES string of the molecule is CC#CCCC(CSc1ccc(Cl)cc1)NCCC. The Balaban J connectivity index is 2.41. The normalized spacial score (nSPS) is 11.7. The second kappa shape index (κ2) is 10.2. The fourth-order valence-electron chi connectivity index (χ4n) is 1.69. The van der Waals surface area contributed by atoms with Crippen molar-refractivity contribution in [3.8, 4) is 11.8 Å². The van der Waals surface area contributed by atoms with Gasteiger partial charge in [-0.25, -0.2) is 0 Å². The summed E-state index contributed by atoms with van der Waals surface area (Å²) < 4.78 is 0. The Hall–Kier alpha value is -0.620. The van der Waals surface area contributed by atoms with Gasteiger partial charge in [0.05, 0.1) is 0 Å². The van der Waals surface area contributed by atoms with Crippen molar-refractivity contribution in [2.45, 2.75) is 44.0 Å². The molecule has 0 radical (unpaired) electrons. The van der Waals surface area contributed by atoms with Gasteiger partial charge in [-0.05, 0) is 50.6 Å². The van der Waals surface area contributed by atoms with Crippen LogP contribution < -0.4 is 5.32 Å². The van der Waals surface area contributed by atoms with E-state index in [-0.39, 0.29) is 0 Å². The van der Waals surface area contributed by atoms with Crippen LogP contribution in [0.2, 0.25) is 5.02 Å². The average molecular weight is 296 g/mol. The molecule has 1 N–H and O–H groups in total. The molecule has 1 atom stereocenters. The molecule has 3 heteroatoms. The molecule has 0 bridgehead atoms. The van der Waals surface area contributed by atoms with Crippen molar-refractivity contribution < 1.29 is 0 Å². The lowest BCUT2D eigenvalue weighted by molar-refractivity contribution is 0.526. The summed E-state index contributed by atoms with van der Waals surface area (Å²) in [6.07, 6.45) is 3.25. The van der Waals surface area contributed by atoms with Gasteiger partial charge in [0.1, 0.15) is 0 Å². The van der Waals surface area contributed by atoms with E-state index in [9.17, 15) is 0 Å². The molecule has 0 saturated carbocycles. The minimum absolute atomic E-state index is 0.529. The predicted molar refractivity (Wildman–Crippen MR) is 86.9 cm³/mol. The topological polar surface area (TPSA) is 12.0 Å². The Kier molecular flexibility index (Phi) is 8.82. The highest BCUT2D eigenvalue weighted by Crippen LogP contribution is 2.21. The van der Waals surface area contributed by atoms with Crippen molar-refractivity contribution in [2.75, 3.05) is 12.3 Å². The van der Waals surface area contributed by atoms with Gasteiger partial charge in [-0.3, -0.25) is 0 Å². The highest BCUT2D eigenvalue weighted by atomic mass is 35.5.